The zero-order chi connectivity index (χ0) is 26.0. The molecule has 1 fully saturated rings. The quantitative estimate of drug-likeness (QED) is 0.508. The van der Waals surface area contributed by atoms with Crippen molar-refractivity contribution in [2.75, 3.05) is 19.0 Å². The Morgan fingerprint density at radius 3 is 2.69 bits per heavy atom. The maximum absolute atomic E-state index is 13.0. The van der Waals surface area contributed by atoms with Crippen molar-refractivity contribution in [3.8, 4) is 11.4 Å². The second-order valence-corrected chi connectivity index (χ2v) is 8.44. The van der Waals surface area contributed by atoms with Gasteiger partial charge in [0.2, 0.25) is 5.91 Å². The molecule has 0 saturated carbocycles. The van der Waals surface area contributed by atoms with Crippen LogP contribution in [-0.2, 0) is 20.5 Å². The molecule has 1 saturated heterocycles. The number of carbonyl (C=O) groups excluding carboxylic acids is 2. The number of rotatable bonds is 6. The summed E-state index contributed by atoms with van der Waals surface area (Å²) in [5, 5.41) is 11.0. The third-order valence-corrected chi connectivity index (χ3v) is 5.85. The lowest BCUT2D eigenvalue weighted by Gasteiger charge is -2.25. The fourth-order valence-corrected chi connectivity index (χ4v) is 4.02. The van der Waals surface area contributed by atoms with Crippen LogP contribution in [0.4, 0.5) is 24.8 Å². The Morgan fingerprint density at radius 1 is 1.19 bits per heavy atom. The molecule has 13 heteroatoms. The van der Waals surface area contributed by atoms with E-state index in [9.17, 15) is 22.8 Å². The molecule has 1 aliphatic rings. The van der Waals surface area contributed by atoms with Crippen LogP contribution in [0, 0.1) is 6.92 Å². The molecule has 0 spiro atoms. The van der Waals surface area contributed by atoms with Crippen molar-refractivity contribution in [2.45, 2.75) is 44.9 Å². The van der Waals surface area contributed by atoms with E-state index in [4.69, 9.17) is 4.74 Å². The molecule has 10 nitrogen and oxygen atoms in total. The summed E-state index contributed by atoms with van der Waals surface area (Å²) < 4.78 is 45.3. The average Bonchev–Trinajstić information content (AvgIpc) is 3.52. The van der Waals surface area contributed by atoms with E-state index in [0.717, 1.165) is 23.9 Å². The van der Waals surface area contributed by atoms with Crippen molar-refractivity contribution in [1.29, 1.82) is 0 Å². The molecule has 0 aromatic carbocycles. The van der Waals surface area contributed by atoms with Gasteiger partial charge in [0, 0.05) is 12.7 Å². The number of carbonyl (C=O) groups is 2. The van der Waals surface area contributed by atoms with Gasteiger partial charge in [-0.05, 0) is 56.5 Å². The fraction of sp³-hybridized carbons (Fsp3) is 0.391. The number of hydrogen-bond acceptors (Lipinski definition) is 8. The summed E-state index contributed by atoms with van der Waals surface area (Å²) in [7, 11) is 1.29. The SMILES string of the molecule is COC(=O)C1CCCN1C(=O)[C@H](C)n1cc(-c2cc(C)cc(Nc3cc(C(F)(F)F)ccn3)n2)nn1. The van der Waals surface area contributed by atoms with Gasteiger partial charge in [-0.25, -0.2) is 19.4 Å². The Morgan fingerprint density at radius 2 is 1.97 bits per heavy atom. The van der Waals surface area contributed by atoms with Crippen LogP contribution >= 0.6 is 0 Å². The molecular weight excluding hydrogens is 479 g/mol. The van der Waals surface area contributed by atoms with Crippen LogP contribution in [0.1, 0.15) is 36.9 Å². The highest BCUT2D eigenvalue weighted by Gasteiger charge is 2.37. The van der Waals surface area contributed by atoms with Crippen molar-refractivity contribution in [3.63, 3.8) is 0 Å². The highest BCUT2D eigenvalue weighted by molar-refractivity contribution is 5.87. The van der Waals surface area contributed by atoms with Gasteiger partial charge < -0.3 is 15.0 Å². The molecule has 0 radical (unpaired) electrons. The van der Waals surface area contributed by atoms with Crippen molar-refractivity contribution in [2.24, 2.45) is 0 Å². The molecule has 1 amide bonds. The van der Waals surface area contributed by atoms with Crippen LogP contribution in [0.15, 0.2) is 36.7 Å². The van der Waals surface area contributed by atoms with Gasteiger partial charge in [-0.1, -0.05) is 5.21 Å². The number of pyridine rings is 2. The van der Waals surface area contributed by atoms with Gasteiger partial charge in [0.1, 0.15) is 29.4 Å². The smallest absolute Gasteiger partial charge is 0.416 e. The molecule has 36 heavy (non-hydrogen) atoms. The number of nitrogens with one attached hydrogen (secondary N) is 1. The molecule has 4 heterocycles. The van der Waals surface area contributed by atoms with Gasteiger partial charge >= 0.3 is 12.1 Å². The van der Waals surface area contributed by atoms with E-state index in [1.807, 2.05) is 0 Å². The molecule has 2 atom stereocenters. The predicted octanol–water partition coefficient (Wildman–Crippen LogP) is 3.53. The van der Waals surface area contributed by atoms with Crippen LogP contribution in [0.5, 0.6) is 0 Å². The highest BCUT2D eigenvalue weighted by atomic mass is 19.4. The molecule has 1 unspecified atom stereocenters. The van der Waals surface area contributed by atoms with E-state index >= 15 is 0 Å². The van der Waals surface area contributed by atoms with Crippen molar-refractivity contribution in [3.05, 3.63) is 47.8 Å². The van der Waals surface area contributed by atoms with Crippen LogP contribution in [-0.4, -0.2) is 61.4 Å². The Kier molecular flexibility index (Phi) is 6.91. The van der Waals surface area contributed by atoms with E-state index in [2.05, 4.69) is 25.6 Å². The number of aromatic nitrogens is 5. The number of nitrogens with zero attached hydrogens (tertiary/aromatic N) is 6. The third kappa shape index (κ3) is 5.29. The fourth-order valence-electron chi connectivity index (χ4n) is 4.02. The minimum Gasteiger partial charge on any atom is -0.467 e. The molecule has 3 aromatic heterocycles. The number of esters is 1. The molecule has 1 N–H and O–H groups in total. The highest BCUT2D eigenvalue weighted by Crippen LogP contribution is 2.31. The van der Waals surface area contributed by atoms with E-state index in [1.165, 1.54) is 16.7 Å². The summed E-state index contributed by atoms with van der Waals surface area (Å²) in [5.74, 6) is -0.475. The molecule has 1 aliphatic heterocycles. The largest absolute Gasteiger partial charge is 0.467 e. The first kappa shape index (κ1) is 25.1. The van der Waals surface area contributed by atoms with Gasteiger partial charge in [0.25, 0.3) is 0 Å². The maximum Gasteiger partial charge on any atom is 0.416 e. The van der Waals surface area contributed by atoms with Crippen LogP contribution in [0.3, 0.4) is 0 Å². The number of methoxy groups -OCH3 is 1. The minimum atomic E-state index is -4.50. The molecule has 0 bridgehead atoms. The standard InChI is InChI=1S/C23H24F3N7O3/c1-13-9-16(28-20(10-13)29-19-11-15(6-7-27-19)23(24,25)26)17-12-33(31-30-17)14(2)21(34)32-8-4-5-18(32)22(35)36-3/h6-7,9-12,14,18H,4-5,8H2,1-3H3,(H,27,28,29)/t14-,18?/m0/s1. The normalized spacial score (nSPS) is 16.6. The summed E-state index contributed by atoms with van der Waals surface area (Å²) >= 11 is 0. The van der Waals surface area contributed by atoms with E-state index in [1.54, 1.807) is 32.2 Å². The summed E-state index contributed by atoms with van der Waals surface area (Å²) in [6, 6.07) is 3.82. The number of amides is 1. The zero-order valence-corrected chi connectivity index (χ0v) is 19.8. The zero-order valence-electron chi connectivity index (χ0n) is 19.8. The molecule has 0 aliphatic carbocycles. The first-order chi connectivity index (χ1) is 17.1. The number of likely N-dealkylation sites (tertiary alicyclic amines) is 1. The number of alkyl halides is 3. The molecule has 3 aromatic rings. The second-order valence-electron chi connectivity index (χ2n) is 8.44. The monoisotopic (exact) mass is 503 g/mol. The van der Waals surface area contributed by atoms with E-state index < -0.39 is 29.8 Å². The van der Waals surface area contributed by atoms with Gasteiger partial charge in [0.15, 0.2) is 0 Å². The summed E-state index contributed by atoms with van der Waals surface area (Å²) in [6.07, 6.45) is -0.637. The van der Waals surface area contributed by atoms with Crippen LogP contribution in [0.2, 0.25) is 0 Å². The number of anilines is 2. The first-order valence-electron chi connectivity index (χ1n) is 11.2. The first-order valence-corrected chi connectivity index (χ1v) is 11.2. The van der Waals surface area contributed by atoms with Crippen molar-refractivity contribution >= 4 is 23.5 Å². The molecule has 4 rings (SSSR count). The summed E-state index contributed by atoms with van der Waals surface area (Å²) in [6.45, 7) is 3.90. The molecule has 190 valence electrons. The number of hydrogen-bond donors (Lipinski definition) is 1. The Labute approximate surface area is 204 Å². The Bertz CT molecular complexity index is 1280. The van der Waals surface area contributed by atoms with E-state index in [0.29, 0.717) is 30.8 Å². The third-order valence-electron chi connectivity index (χ3n) is 5.85. The van der Waals surface area contributed by atoms with Crippen molar-refractivity contribution < 1.29 is 27.5 Å². The summed E-state index contributed by atoms with van der Waals surface area (Å²) in [5.41, 5.74) is 0.710. The van der Waals surface area contributed by atoms with Crippen molar-refractivity contribution in [1.82, 2.24) is 29.9 Å². The number of aryl methyl sites for hydroxylation is 1. The molecular formula is C23H24F3N7O3. The van der Waals surface area contributed by atoms with Crippen LogP contribution in [0.25, 0.3) is 11.4 Å². The van der Waals surface area contributed by atoms with Gasteiger partial charge in [-0.3, -0.25) is 4.79 Å². The lowest BCUT2D eigenvalue weighted by atomic mass is 10.2. The topological polar surface area (TPSA) is 115 Å². The van der Waals surface area contributed by atoms with Gasteiger partial charge in [0.05, 0.1) is 24.6 Å². The average molecular weight is 503 g/mol. The Balaban J connectivity index is 1.54. The van der Waals surface area contributed by atoms with Crippen LogP contribution < -0.4 is 5.32 Å². The number of ether oxygens (including phenoxy) is 1. The number of halogens is 3. The van der Waals surface area contributed by atoms with E-state index in [-0.39, 0.29) is 17.5 Å². The minimum absolute atomic E-state index is 0.0116. The second kappa shape index (κ2) is 9.91. The van der Waals surface area contributed by atoms with Gasteiger partial charge in [-0.2, -0.15) is 13.2 Å². The predicted molar refractivity (Wildman–Crippen MR) is 122 cm³/mol. The summed E-state index contributed by atoms with van der Waals surface area (Å²) in [4.78, 5) is 34.9. The lowest BCUT2D eigenvalue weighted by Crippen LogP contribution is -2.44. The Hall–Kier alpha value is -4.03. The van der Waals surface area contributed by atoms with Gasteiger partial charge in [-0.15, -0.1) is 5.10 Å². The maximum atomic E-state index is 13.0. The lowest BCUT2D eigenvalue weighted by molar-refractivity contribution is -0.152.